The molecule has 0 bridgehead atoms. The molecule has 0 aliphatic carbocycles. The summed E-state index contributed by atoms with van der Waals surface area (Å²) in [4.78, 5) is 10.5. The first-order valence-electron chi connectivity index (χ1n) is 3.33. The first kappa shape index (κ1) is 8.45. The highest BCUT2D eigenvalue weighted by atomic mass is 16.4. The zero-order valence-corrected chi connectivity index (χ0v) is 6.11. The van der Waals surface area contributed by atoms with Crippen molar-refractivity contribution in [1.82, 2.24) is 5.32 Å². The van der Waals surface area contributed by atoms with Crippen LogP contribution in [0.5, 0.6) is 0 Å². The number of aliphatic hydroxyl groups excluding tert-OH is 2. The molecule has 4 N–H and O–H groups in total. The van der Waals surface area contributed by atoms with Gasteiger partial charge in [-0.1, -0.05) is 0 Å². The van der Waals surface area contributed by atoms with E-state index in [9.17, 15) is 9.90 Å². The predicted octanol–water partition coefficient (Wildman–Crippen LogP) is -1.85. The summed E-state index contributed by atoms with van der Waals surface area (Å²) in [6, 6.07) is 0. The van der Waals surface area contributed by atoms with E-state index in [0.29, 0.717) is 0 Å². The second-order valence-electron chi connectivity index (χ2n) is 2.90. The molecule has 1 heterocycles. The van der Waals surface area contributed by atoms with Gasteiger partial charge in [-0.2, -0.15) is 0 Å². The van der Waals surface area contributed by atoms with Gasteiger partial charge in [-0.15, -0.1) is 0 Å². The van der Waals surface area contributed by atoms with Crippen molar-refractivity contribution >= 4 is 5.97 Å². The molecule has 0 radical (unpaired) electrons. The van der Waals surface area contributed by atoms with Gasteiger partial charge in [-0.3, -0.25) is 10.1 Å². The summed E-state index contributed by atoms with van der Waals surface area (Å²) in [6.07, 6.45) is -2.23. The number of carbonyl (C=O) groups is 1. The monoisotopic (exact) mass is 161 g/mol. The lowest BCUT2D eigenvalue weighted by Gasteiger charge is -2.23. The van der Waals surface area contributed by atoms with E-state index in [2.05, 4.69) is 5.32 Å². The molecule has 0 spiro atoms. The number of nitrogens with one attached hydrogen (secondary N) is 1. The quantitative estimate of drug-likeness (QED) is 0.362. The Labute approximate surface area is 63.7 Å². The molecule has 1 rings (SSSR count). The zero-order valence-electron chi connectivity index (χ0n) is 6.11. The largest absolute Gasteiger partial charge is 0.480 e. The Morgan fingerprint density at radius 1 is 1.64 bits per heavy atom. The van der Waals surface area contributed by atoms with Crippen LogP contribution < -0.4 is 5.32 Å². The fourth-order valence-electron chi connectivity index (χ4n) is 1.12. The minimum absolute atomic E-state index is 0.115. The number of aliphatic carboxylic acids is 1. The highest BCUT2D eigenvalue weighted by molar-refractivity contribution is 5.79. The molecular weight excluding hydrogens is 150 g/mol. The van der Waals surface area contributed by atoms with Crippen LogP contribution in [0.25, 0.3) is 0 Å². The Morgan fingerprint density at radius 2 is 2.18 bits per heavy atom. The van der Waals surface area contributed by atoms with Crippen molar-refractivity contribution < 1.29 is 20.1 Å². The summed E-state index contributed by atoms with van der Waals surface area (Å²) in [5, 5.41) is 29.4. The lowest BCUT2D eigenvalue weighted by atomic mass is 9.96. The molecule has 0 aromatic carbocycles. The Balaban J connectivity index is 2.81. The SMILES string of the molecule is C[C@@]1(C(=O)O)NCC(O)[C@H]1O. The first-order valence-corrected chi connectivity index (χ1v) is 3.33. The van der Waals surface area contributed by atoms with Gasteiger partial charge in [0.2, 0.25) is 0 Å². The van der Waals surface area contributed by atoms with Gasteiger partial charge >= 0.3 is 5.97 Å². The number of rotatable bonds is 1. The van der Waals surface area contributed by atoms with Crippen molar-refractivity contribution in [2.75, 3.05) is 6.54 Å². The number of hydrogen-bond donors (Lipinski definition) is 4. The molecule has 1 fully saturated rings. The summed E-state index contributed by atoms with van der Waals surface area (Å²) in [7, 11) is 0. The van der Waals surface area contributed by atoms with Crippen molar-refractivity contribution in [2.24, 2.45) is 0 Å². The molecular formula is C6H11NO4. The molecule has 5 nitrogen and oxygen atoms in total. The molecule has 11 heavy (non-hydrogen) atoms. The lowest BCUT2D eigenvalue weighted by Crippen LogP contribution is -2.53. The topological polar surface area (TPSA) is 89.8 Å². The highest BCUT2D eigenvalue weighted by Crippen LogP contribution is 2.19. The highest BCUT2D eigenvalue weighted by Gasteiger charge is 2.49. The molecule has 0 amide bonds. The third-order valence-electron chi connectivity index (χ3n) is 2.08. The van der Waals surface area contributed by atoms with Gasteiger partial charge in [0.1, 0.15) is 11.6 Å². The van der Waals surface area contributed by atoms with Gasteiger partial charge in [-0.05, 0) is 6.92 Å². The van der Waals surface area contributed by atoms with E-state index in [1.807, 2.05) is 0 Å². The fraction of sp³-hybridized carbons (Fsp3) is 0.833. The van der Waals surface area contributed by atoms with E-state index < -0.39 is 23.7 Å². The summed E-state index contributed by atoms with van der Waals surface area (Å²) in [5.74, 6) is -1.15. The van der Waals surface area contributed by atoms with E-state index in [4.69, 9.17) is 10.2 Å². The lowest BCUT2D eigenvalue weighted by molar-refractivity contribution is -0.148. The van der Waals surface area contributed by atoms with Crippen molar-refractivity contribution in [2.45, 2.75) is 24.7 Å². The van der Waals surface area contributed by atoms with E-state index in [-0.39, 0.29) is 6.54 Å². The van der Waals surface area contributed by atoms with Crippen LogP contribution in [0.4, 0.5) is 0 Å². The second kappa shape index (κ2) is 2.44. The molecule has 5 heteroatoms. The minimum atomic E-state index is -1.40. The van der Waals surface area contributed by atoms with Gasteiger partial charge < -0.3 is 15.3 Å². The molecule has 1 aliphatic rings. The maximum Gasteiger partial charge on any atom is 0.326 e. The Kier molecular flexibility index (Phi) is 1.87. The van der Waals surface area contributed by atoms with Gasteiger partial charge in [0.15, 0.2) is 0 Å². The zero-order chi connectivity index (χ0) is 8.65. The van der Waals surface area contributed by atoms with Crippen LogP contribution >= 0.6 is 0 Å². The Hall–Kier alpha value is -0.650. The standard InChI is InChI=1S/C6H11NO4/c1-6(5(10)11)4(9)3(8)2-7-6/h3-4,7-9H,2H2,1H3,(H,10,11)/t3?,4-,6-/m1/s1. The third-order valence-corrected chi connectivity index (χ3v) is 2.08. The first-order chi connectivity index (χ1) is 4.98. The van der Waals surface area contributed by atoms with Crippen LogP contribution in [0.3, 0.4) is 0 Å². The maximum absolute atomic E-state index is 10.5. The molecule has 0 aromatic rings. The Morgan fingerprint density at radius 3 is 2.36 bits per heavy atom. The second-order valence-corrected chi connectivity index (χ2v) is 2.90. The summed E-state index contributed by atoms with van der Waals surface area (Å²) < 4.78 is 0. The normalized spacial score (nSPS) is 44.3. The fourth-order valence-corrected chi connectivity index (χ4v) is 1.12. The molecule has 3 atom stereocenters. The molecule has 1 saturated heterocycles. The summed E-state index contributed by atoms with van der Waals surface area (Å²) in [6.45, 7) is 1.46. The van der Waals surface area contributed by atoms with E-state index in [1.54, 1.807) is 0 Å². The smallest absolute Gasteiger partial charge is 0.326 e. The average molecular weight is 161 g/mol. The average Bonchev–Trinajstić information content (AvgIpc) is 2.18. The summed E-state index contributed by atoms with van der Waals surface area (Å²) in [5.41, 5.74) is -1.40. The van der Waals surface area contributed by atoms with Crippen LogP contribution in [0.15, 0.2) is 0 Å². The van der Waals surface area contributed by atoms with Crippen molar-refractivity contribution in [3.8, 4) is 0 Å². The van der Waals surface area contributed by atoms with Crippen LogP contribution in [0, 0.1) is 0 Å². The minimum Gasteiger partial charge on any atom is -0.480 e. The number of carboxylic acid groups (broad SMARTS) is 1. The van der Waals surface area contributed by atoms with Crippen molar-refractivity contribution in [1.29, 1.82) is 0 Å². The third kappa shape index (κ3) is 1.11. The molecule has 0 aromatic heterocycles. The molecule has 64 valence electrons. The van der Waals surface area contributed by atoms with Crippen LogP contribution in [0.1, 0.15) is 6.92 Å². The molecule has 1 unspecified atom stereocenters. The van der Waals surface area contributed by atoms with Gasteiger partial charge in [0, 0.05) is 6.54 Å². The van der Waals surface area contributed by atoms with E-state index in [1.165, 1.54) is 6.92 Å². The van der Waals surface area contributed by atoms with Crippen LogP contribution in [-0.4, -0.2) is 45.6 Å². The molecule has 1 aliphatic heterocycles. The van der Waals surface area contributed by atoms with Crippen molar-refractivity contribution in [3.63, 3.8) is 0 Å². The van der Waals surface area contributed by atoms with Crippen LogP contribution in [0.2, 0.25) is 0 Å². The number of hydrogen-bond acceptors (Lipinski definition) is 4. The Bertz CT molecular complexity index is 183. The number of aliphatic hydroxyl groups is 2. The van der Waals surface area contributed by atoms with Gasteiger partial charge in [-0.25, -0.2) is 0 Å². The predicted molar refractivity (Wildman–Crippen MR) is 36.1 cm³/mol. The van der Waals surface area contributed by atoms with E-state index in [0.717, 1.165) is 0 Å². The summed E-state index contributed by atoms with van der Waals surface area (Å²) >= 11 is 0. The number of carboxylic acids is 1. The number of β-amino-alcohol motifs (C(OH)–C–C–N with tert-alkyl or cyclic N) is 1. The van der Waals surface area contributed by atoms with E-state index >= 15 is 0 Å². The maximum atomic E-state index is 10.5. The molecule has 0 saturated carbocycles. The van der Waals surface area contributed by atoms with Gasteiger partial charge in [0.25, 0.3) is 0 Å². The van der Waals surface area contributed by atoms with Crippen LogP contribution in [-0.2, 0) is 4.79 Å². The van der Waals surface area contributed by atoms with Crippen molar-refractivity contribution in [3.05, 3.63) is 0 Å². The van der Waals surface area contributed by atoms with Gasteiger partial charge in [0.05, 0.1) is 6.10 Å².